The summed E-state index contributed by atoms with van der Waals surface area (Å²) in [4.78, 5) is 24.2. The lowest BCUT2D eigenvalue weighted by Crippen LogP contribution is -2.53. The molecule has 0 bridgehead atoms. The Morgan fingerprint density at radius 2 is 1.21 bits per heavy atom. The number of rotatable bonds is 17. The zero-order valence-corrected chi connectivity index (χ0v) is 24.4. The zero-order valence-electron chi connectivity index (χ0n) is 22.7. The molecule has 0 spiro atoms. The van der Waals surface area contributed by atoms with Gasteiger partial charge in [-0.1, -0.05) is 97.3 Å². The fraction of sp³-hybridized carbons (Fsp3) is 0.692. The molecule has 0 amide bonds. The maximum Gasteiger partial charge on any atom is 0.325 e. The number of hydrogen-bond donors (Lipinski definition) is 4. The van der Waals surface area contributed by atoms with Crippen LogP contribution in [0.25, 0.3) is 0 Å². The van der Waals surface area contributed by atoms with Crippen molar-refractivity contribution in [1.82, 2.24) is 0 Å². The molecule has 0 saturated heterocycles. The van der Waals surface area contributed by atoms with Crippen molar-refractivity contribution in [3.05, 3.63) is 30.3 Å². The van der Waals surface area contributed by atoms with Gasteiger partial charge in [0.2, 0.25) is 0 Å². The lowest BCUT2D eigenvalue weighted by atomic mass is 9.68. The number of carboxylic acids is 2. The molecule has 0 radical (unpaired) electrons. The Hall–Kier alpha value is -2.02. The number of hydrogen-bond acceptors (Lipinski definition) is 6. The molecule has 0 aliphatic heterocycles. The molecular formula is C26H44O10S2. The van der Waals surface area contributed by atoms with Gasteiger partial charge in [-0.2, -0.15) is 16.8 Å². The highest BCUT2D eigenvalue weighted by atomic mass is 32.2. The second kappa shape index (κ2) is 16.8. The summed E-state index contributed by atoms with van der Waals surface area (Å²) in [5.41, 5.74) is -2.05. The Bertz CT molecular complexity index is 1030. The van der Waals surface area contributed by atoms with E-state index in [0.717, 1.165) is 25.7 Å². The van der Waals surface area contributed by atoms with E-state index in [9.17, 15) is 41.2 Å². The van der Waals surface area contributed by atoms with E-state index >= 15 is 0 Å². The molecule has 0 fully saturated rings. The van der Waals surface area contributed by atoms with Crippen molar-refractivity contribution in [3.63, 3.8) is 0 Å². The lowest BCUT2D eigenvalue weighted by Gasteiger charge is -2.38. The summed E-state index contributed by atoms with van der Waals surface area (Å²) >= 11 is 0. The number of unbranched alkanes of at least 4 members (excludes halogenated alkanes) is 2. The van der Waals surface area contributed by atoms with Gasteiger partial charge in [0.25, 0.3) is 20.2 Å². The fourth-order valence-electron chi connectivity index (χ4n) is 4.74. The third-order valence-electron chi connectivity index (χ3n) is 6.88. The molecule has 12 heteroatoms. The van der Waals surface area contributed by atoms with Crippen molar-refractivity contribution in [1.29, 1.82) is 0 Å². The van der Waals surface area contributed by atoms with Crippen molar-refractivity contribution in [2.24, 2.45) is 17.3 Å². The van der Waals surface area contributed by atoms with E-state index in [-0.39, 0.29) is 29.6 Å². The van der Waals surface area contributed by atoms with Crippen LogP contribution in [0.2, 0.25) is 0 Å². The summed E-state index contributed by atoms with van der Waals surface area (Å²) in [6.07, 6.45) is 6.02. The topological polar surface area (TPSA) is 183 Å². The van der Waals surface area contributed by atoms with Crippen molar-refractivity contribution >= 4 is 32.2 Å². The molecule has 1 rings (SSSR count). The highest BCUT2D eigenvalue weighted by molar-refractivity contribution is 7.87. The van der Waals surface area contributed by atoms with Gasteiger partial charge in [-0.25, -0.2) is 0 Å². The van der Waals surface area contributed by atoms with Gasteiger partial charge in [0.1, 0.15) is 0 Å². The molecule has 10 nitrogen and oxygen atoms in total. The molecule has 3 atom stereocenters. The van der Waals surface area contributed by atoms with Crippen LogP contribution in [0.3, 0.4) is 0 Å². The van der Waals surface area contributed by atoms with Gasteiger partial charge in [0.05, 0.1) is 10.3 Å². The summed E-state index contributed by atoms with van der Waals surface area (Å²) in [6.45, 7) is 7.80. The predicted octanol–water partition coefficient (Wildman–Crippen LogP) is 5.54. The largest absolute Gasteiger partial charge is 0.481 e. The molecule has 38 heavy (non-hydrogen) atoms. The van der Waals surface area contributed by atoms with Crippen LogP contribution in [-0.2, 0) is 29.8 Å². The summed E-state index contributed by atoms with van der Waals surface area (Å²) in [5.74, 6) is -3.50. The maximum atomic E-state index is 12.4. The van der Waals surface area contributed by atoms with E-state index in [0.29, 0.717) is 25.7 Å². The molecular weight excluding hydrogens is 536 g/mol. The van der Waals surface area contributed by atoms with E-state index in [2.05, 4.69) is 0 Å². The van der Waals surface area contributed by atoms with Gasteiger partial charge in [-0.05, 0) is 36.8 Å². The van der Waals surface area contributed by atoms with E-state index in [1.165, 1.54) is 12.1 Å². The Morgan fingerprint density at radius 1 is 0.789 bits per heavy atom. The van der Waals surface area contributed by atoms with Crippen molar-refractivity contribution in [2.45, 2.75) is 102 Å². The zero-order chi connectivity index (χ0) is 29.6. The first-order valence-electron chi connectivity index (χ1n) is 13.1. The van der Waals surface area contributed by atoms with Gasteiger partial charge < -0.3 is 10.2 Å². The van der Waals surface area contributed by atoms with Crippen molar-refractivity contribution < 1.29 is 45.7 Å². The second-order valence-electron chi connectivity index (χ2n) is 9.72. The number of aliphatic carboxylic acids is 2. The van der Waals surface area contributed by atoms with Crippen LogP contribution in [0.15, 0.2) is 35.2 Å². The molecule has 3 unspecified atom stereocenters. The molecule has 0 aliphatic carbocycles. The molecule has 1 aromatic rings. The lowest BCUT2D eigenvalue weighted by molar-refractivity contribution is -0.158. The Balaban J connectivity index is 0.00000113. The van der Waals surface area contributed by atoms with E-state index in [1.54, 1.807) is 18.2 Å². The second-order valence-corrected chi connectivity index (χ2v) is 12.6. The summed E-state index contributed by atoms with van der Waals surface area (Å²) in [5, 5.41) is 17.3. The minimum Gasteiger partial charge on any atom is -0.481 e. The first-order chi connectivity index (χ1) is 17.6. The molecule has 1 aromatic carbocycles. The fourth-order valence-corrected chi connectivity index (χ4v) is 6.36. The predicted molar refractivity (Wildman–Crippen MR) is 145 cm³/mol. The molecule has 0 aliphatic rings. The minimum absolute atomic E-state index is 0.0712. The van der Waals surface area contributed by atoms with Gasteiger partial charge in [-0.3, -0.25) is 18.7 Å². The smallest absolute Gasteiger partial charge is 0.325 e. The Morgan fingerprint density at radius 3 is 1.45 bits per heavy atom. The Labute approximate surface area is 227 Å². The third-order valence-corrected chi connectivity index (χ3v) is 9.00. The van der Waals surface area contributed by atoms with Crippen LogP contribution in [0.1, 0.15) is 91.9 Å². The number of carboxylic acid groups (broad SMARTS) is 2. The van der Waals surface area contributed by atoms with Crippen LogP contribution in [0, 0.1) is 17.3 Å². The van der Waals surface area contributed by atoms with E-state index in [4.69, 9.17) is 4.55 Å². The highest BCUT2D eigenvalue weighted by Crippen LogP contribution is 2.44. The summed E-state index contributed by atoms with van der Waals surface area (Å²) in [6, 6.07) is 7.42. The van der Waals surface area contributed by atoms with Crippen LogP contribution < -0.4 is 0 Å². The standard InChI is InChI=1S/C20H38O7S.C6H6O3S/c1-5-9-11-15(7-3)13-20(19(23)24,14-16(8-4)12-10-6-2)17(18(21)22)28(25,26)27;7-10(8,9)6-4-2-1-3-5-6/h15-17H,5-14H2,1-4H3,(H,21,22)(H,23,24)(H,25,26,27);1-5H,(H,7,8,9). The Kier molecular flexibility index (Phi) is 15.9. The quantitative estimate of drug-likeness (QED) is 0.170. The molecule has 0 heterocycles. The number of benzene rings is 1. The maximum absolute atomic E-state index is 12.4. The highest BCUT2D eigenvalue weighted by Gasteiger charge is 2.57. The average Bonchev–Trinajstić information content (AvgIpc) is 2.83. The molecule has 0 aromatic heterocycles. The summed E-state index contributed by atoms with van der Waals surface area (Å²) in [7, 11) is -9.10. The number of carbonyl (C=O) groups is 2. The van der Waals surface area contributed by atoms with Crippen LogP contribution >= 0.6 is 0 Å². The van der Waals surface area contributed by atoms with E-state index < -0.39 is 42.8 Å². The minimum atomic E-state index is -5.10. The van der Waals surface area contributed by atoms with Crippen molar-refractivity contribution in [2.75, 3.05) is 0 Å². The van der Waals surface area contributed by atoms with Crippen LogP contribution in [0.4, 0.5) is 0 Å². The van der Waals surface area contributed by atoms with Crippen LogP contribution in [-0.4, -0.2) is 53.3 Å². The first kappa shape index (κ1) is 36.0. The average molecular weight is 581 g/mol. The van der Waals surface area contributed by atoms with Gasteiger partial charge in [-0.15, -0.1) is 0 Å². The van der Waals surface area contributed by atoms with Gasteiger partial charge >= 0.3 is 11.9 Å². The molecule has 4 N–H and O–H groups in total. The first-order valence-corrected chi connectivity index (χ1v) is 16.0. The summed E-state index contributed by atoms with van der Waals surface area (Å²) < 4.78 is 62.9. The van der Waals surface area contributed by atoms with Crippen molar-refractivity contribution in [3.8, 4) is 0 Å². The molecule has 0 saturated carbocycles. The van der Waals surface area contributed by atoms with Gasteiger partial charge in [0, 0.05) is 0 Å². The van der Waals surface area contributed by atoms with E-state index in [1.807, 2.05) is 27.7 Å². The molecule has 220 valence electrons. The van der Waals surface area contributed by atoms with Crippen LogP contribution in [0.5, 0.6) is 0 Å². The monoisotopic (exact) mass is 580 g/mol. The third kappa shape index (κ3) is 11.8. The SMILES string of the molecule is CCCCC(CC)CC(CC(CC)CCCC)(C(=O)O)C(C(=O)O)S(=O)(=O)O.O=S(=O)(O)c1ccccc1. The van der Waals surface area contributed by atoms with Gasteiger partial charge in [0.15, 0.2) is 5.25 Å². The normalized spacial score (nSPS) is 15.8.